The van der Waals surface area contributed by atoms with Crippen molar-refractivity contribution in [2.45, 2.75) is 19.4 Å². The van der Waals surface area contributed by atoms with E-state index in [4.69, 9.17) is 9.84 Å². The summed E-state index contributed by atoms with van der Waals surface area (Å²) >= 11 is 1.39. The van der Waals surface area contributed by atoms with E-state index in [0.717, 1.165) is 10.6 Å². The van der Waals surface area contributed by atoms with Crippen LogP contribution in [0.1, 0.15) is 16.3 Å². The van der Waals surface area contributed by atoms with Crippen molar-refractivity contribution in [1.29, 1.82) is 0 Å². The maximum atomic E-state index is 11.5. The molecule has 0 saturated heterocycles. The van der Waals surface area contributed by atoms with Gasteiger partial charge >= 0.3 is 12.1 Å². The molecule has 22 heavy (non-hydrogen) atoms. The number of rotatable bonds is 7. The van der Waals surface area contributed by atoms with Gasteiger partial charge in [-0.15, -0.1) is 11.3 Å². The average molecular weight is 320 g/mol. The number of carbonyl (C=O) groups is 2. The van der Waals surface area contributed by atoms with Crippen LogP contribution in [-0.2, 0) is 29.0 Å². The molecule has 0 fully saturated rings. The van der Waals surface area contributed by atoms with Crippen LogP contribution < -0.4 is 5.32 Å². The van der Waals surface area contributed by atoms with Gasteiger partial charge in [0, 0.05) is 18.3 Å². The van der Waals surface area contributed by atoms with E-state index >= 15 is 0 Å². The molecule has 0 atom stereocenters. The summed E-state index contributed by atoms with van der Waals surface area (Å²) in [5.41, 5.74) is 1.47. The highest BCUT2D eigenvalue weighted by Crippen LogP contribution is 2.10. The molecule has 116 valence electrons. The van der Waals surface area contributed by atoms with Gasteiger partial charge in [0.05, 0.1) is 17.1 Å². The van der Waals surface area contributed by atoms with Gasteiger partial charge in [-0.05, 0) is 5.56 Å². The summed E-state index contributed by atoms with van der Waals surface area (Å²) in [7, 11) is 0. The minimum atomic E-state index is -0.903. The fraction of sp³-hybridized carbons (Fsp3) is 0.267. The van der Waals surface area contributed by atoms with Crippen molar-refractivity contribution in [1.82, 2.24) is 10.3 Å². The molecule has 0 spiro atoms. The Labute approximate surface area is 131 Å². The highest BCUT2D eigenvalue weighted by atomic mass is 32.1. The summed E-state index contributed by atoms with van der Waals surface area (Å²) in [6, 6.07) is 9.43. The lowest BCUT2D eigenvalue weighted by molar-refractivity contribution is -0.136. The number of aromatic nitrogens is 1. The molecule has 2 aromatic rings. The molecule has 2 rings (SSSR count). The molecule has 1 aromatic carbocycles. The van der Waals surface area contributed by atoms with E-state index in [9.17, 15) is 9.59 Å². The normalized spacial score (nSPS) is 10.2. The number of ether oxygens (including phenoxy) is 1. The van der Waals surface area contributed by atoms with Gasteiger partial charge in [0.2, 0.25) is 0 Å². The Balaban J connectivity index is 1.66. The zero-order valence-electron chi connectivity index (χ0n) is 11.8. The molecule has 0 unspecified atom stereocenters. The largest absolute Gasteiger partial charge is 0.481 e. The summed E-state index contributed by atoms with van der Waals surface area (Å²) in [5.74, 6) is -0.903. The first-order chi connectivity index (χ1) is 10.6. The van der Waals surface area contributed by atoms with Crippen molar-refractivity contribution in [3.63, 3.8) is 0 Å². The number of carboxylic acids is 1. The second-order valence-corrected chi connectivity index (χ2v) is 5.48. The standard InChI is InChI=1S/C15H16N2O4S/c18-14(19)8-12-10-22-13(17-12)6-7-16-15(20)21-9-11-4-2-1-3-5-11/h1-5,10H,6-9H2,(H,16,20)(H,18,19). The molecular formula is C15H16N2O4S. The second-order valence-electron chi connectivity index (χ2n) is 4.54. The Morgan fingerprint density at radius 3 is 2.77 bits per heavy atom. The number of thiazole rings is 1. The highest BCUT2D eigenvalue weighted by Gasteiger charge is 2.07. The first-order valence-corrected chi connectivity index (χ1v) is 7.61. The van der Waals surface area contributed by atoms with Crippen molar-refractivity contribution >= 4 is 23.4 Å². The second kappa shape index (κ2) is 8.14. The van der Waals surface area contributed by atoms with Crippen LogP contribution >= 0.6 is 11.3 Å². The van der Waals surface area contributed by atoms with Crippen molar-refractivity contribution in [3.8, 4) is 0 Å². The monoisotopic (exact) mass is 320 g/mol. The van der Waals surface area contributed by atoms with E-state index in [0.29, 0.717) is 18.7 Å². The summed E-state index contributed by atoms with van der Waals surface area (Å²) in [6.07, 6.45) is -0.0144. The number of hydrogen-bond acceptors (Lipinski definition) is 5. The minimum absolute atomic E-state index is 0.0803. The number of amides is 1. The number of carbonyl (C=O) groups excluding carboxylic acids is 1. The van der Waals surface area contributed by atoms with Gasteiger partial charge in [0.1, 0.15) is 6.61 Å². The van der Waals surface area contributed by atoms with E-state index in [2.05, 4.69) is 10.3 Å². The first-order valence-electron chi connectivity index (χ1n) is 6.73. The van der Waals surface area contributed by atoms with E-state index < -0.39 is 12.1 Å². The van der Waals surface area contributed by atoms with Crippen LogP contribution in [0, 0.1) is 0 Å². The van der Waals surface area contributed by atoms with Gasteiger partial charge in [0.15, 0.2) is 0 Å². The zero-order valence-corrected chi connectivity index (χ0v) is 12.6. The maximum Gasteiger partial charge on any atom is 0.407 e. The molecule has 0 bridgehead atoms. The lowest BCUT2D eigenvalue weighted by atomic mass is 10.2. The summed E-state index contributed by atoms with van der Waals surface area (Å²) in [6.45, 7) is 0.625. The molecule has 7 heteroatoms. The smallest absolute Gasteiger partial charge is 0.407 e. The number of aliphatic carboxylic acids is 1. The van der Waals surface area contributed by atoms with Crippen molar-refractivity contribution in [2.24, 2.45) is 0 Å². The lowest BCUT2D eigenvalue weighted by Gasteiger charge is -2.06. The predicted molar refractivity (Wildman–Crippen MR) is 81.8 cm³/mol. The quantitative estimate of drug-likeness (QED) is 0.817. The fourth-order valence-electron chi connectivity index (χ4n) is 1.75. The molecule has 2 N–H and O–H groups in total. The van der Waals surface area contributed by atoms with Crippen LogP contribution in [-0.4, -0.2) is 28.7 Å². The van der Waals surface area contributed by atoms with Crippen molar-refractivity contribution in [3.05, 3.63) is 52.0 Å². The number of hydrogen-bond donors (Lipinski definition) is 2. The third-order valence-electron chi connectivity index (χ3n) is 2.75. The average Bonchev–Trinajstić information content (AvgIpc) is 2.93. The minimum Gasteiger partial charge on any atom is -0.481 e. The van der Waals surface area contributed by atoms with Gasteiger partial charge in [-0.2, -0.15) is 0 Å². The third kappa shape index (κ3) is 5.53. The Morgan fingerprint density at radius 1 is 1.27 bits per heavy atom. The molecular weight excluding hydrogens is 304 g/mol. The topological polar surface area (TPSA) is 88.5 Å². The Hall–Kier alpha value is -2.41. The Kier molecular flexibility index (Phi) is 5.91. The lowest BCUT2D eigenvalue weighted by Crippen LogP contribution is -2.26. The summed E-state index contributed by atoms with van der Waals surface area (Å²) in [5, 5.41) is 13.8. The van der Waals surface area contributed by atoms with E-state index in [1.165, 1.54) is 11.3 Å². The molecule has 1 aromatic heterocycles. The van der Waals surface area contributed by atoms with E-state index in [1.807, 2.05) is 30.3 Å². The third-order valence-corrected chi connectivity index (χ3v) is 3.71. The van der Waals surface area contributed by atoms with Crippen LogP contribution in [0.15, 0.2) is 35.7 Å². The van der Waals surface area contributed by atoms with Gasteiger partial charge in [-0.1, -0.05) is 30.3 Å². The first kappa shape index (κ1) is 16.0. The summed E-state index contributed by atoms with van der Waals surface area (Å²) < 4.78 is 5.08. The van der Waals surface area contributed by atoms with Gasteiger partial charge in [0.25, 0.3) is 0 Å². The molecule has 6 nitrogen and oxygen atoms in total. The Morgan fingerprint density at radius 2 is 2.05 bits per heavy atom. The number of carboxylic acid groups (broad SMARTS) is 1. The van der Waals surface area contributed by atoms with Crippen LogP contribution in [0.2, 0.25) is 0 Å². The van der Waals surface area contributed by atoms with Crippen molar-refractivity contribution < 1.29 is 19.4 Å². The predicted octanol–water partition coefficient (Wildman–Crippen LogP) is 2.24. The zero-order chi connectivity index (χ0) is 15.8. The van der Waals surface area contributed by atoms with Crippen LogP contribution in [0.5, 0.6) is 0 Å². The molecule has 0 radical (unpaired) electrons. The molecule has 1 heterocycles. The van der Waals surface area contributed by atoms with Crippen LogP contribution in [0.25, 0.3) is 0 Å². The molecule has 1 amide bonds. The van der Waals surface area contributed by atoms with Gasteiger partial charge in [-0.3, -0.25) is 4.79 Å². The fourth-order valence-corrected chi connectivity index (χ4v) is 2.54. The van der Waals surface area contributed by atoms with Crippen LogP contribution in [0.3, 0.4) is 0 Å². The van der Waals surface area contributed by atoms with Crippen LogP contribution in [0.4, 0.5) is 4.79 Å². The number of alkyl carbamates (subject to hydrolysis) is 1. The number of nitrogens with one attached hydrogen (secondary N) is 1. The van der Waals surface area contributed by atoms with Crippen molar-refractivity contribution in [2.75, 3.05) is 6.54 Å². The molecule has 0 saturated carbocycles. The highest BCUT2D eigenvalue weighted by molar-refractivity contribution is 7.09. The van der Waals surface area contributed by atoms with E-state index in [-0.39, 0.29) is 13.0 Å². The number of benzene rings is 1. The Bertz CT molecular complexity index is 627. The van der Waals surface area contributed by atoms with Gasteiger partial charge < -0.3 is 15.2 Å². The molecule has 0 aliphatic rings. The maximum absolute atomic E-state index is 11.5. The molecule has 0 aliphatic heterocycles. The number of nitrogens with zero attached hydrogens (tertiary/aromatic N) is 1. The van der Waals surface area contributed by atoms with Gasteiger partial charge in [-0.25, -0.2) is 9.78 Å². The summed E-state index contributed by atoms with van der Waals surface area (Å²) in [4.78, 5) is 26.3. The molecule has 0 aliphatic carbocycles. The SMILES string of the molecule is O=C(O)Cc1csc(CCNC(=O)OCc2ccccc2)n1. The van der Waals surface area contributed by atoms with E-state index in [1.54, 1.807) is 5.38 Å².